The molecular weight excluding hydrogens is 246 g/mol. The number of imidazole rings is 1. The van der Waals surface area contributed by atoms with Gasteiger partial charge in [0.25, 0.3) is 0 Å². The second kappa shape index (κ2) is 4.51. The molecule has 100 valence electrons. The van der Waals surface area contributed by atoms with Crippen LogP contribution in [0.3, 0.4) is 0 Å². The number of aliphatic hydroxyl groups excluding tert-OH is 1. The van der Waals surface area contributed by atoms with E-state index in [1.165, 1.54) is 7.11 Å². The van der Waals surface area contributed by atoms with Crippen LogP contribution in [0.1, 0.15) is 12.5 Å². The SMILES string of the molecule is COc1nc(N)nc2c1ncn2[C@H]1C=C[C@@H](CO)C1. The number of aromatic nitrogens is 4. The second-order valence-electron chi connectivity index (χ2n) is 4.55. The van der Waals surface area contributed by atoms with Gasteiger partial charge >= 0.3 is 0 Å². The topological polar surface area (TPSA) is 99.1 Å². The Hall–Kier alpha value is -2.15. The molecule has 0 radical (unpaired) electrons. The third-order valence-corrected chi connectivity index (χ3v) is 3.34. The normalized spacial score (nSPS) is 22.2. The second-order valence-corrected chi connectivity index (χ2v) is 4.55. The number of nitrogen functional groups attached to an aromatic ring is 1. The Balaban J connectivity index is 2.06. The number of hydrogen-bond donors (Lipinski definition) is 2. The van der Waals surface area contributed by atoms with Crippen molar-refractivity contribution in [1.82, 2.24) is 19.5 Å². The van der Waals surface area contributed by atoms with Gasteiger partial charge in [-0.2, -0.15) is 9.97 Å². The highest BCUT2D eigenvalue weighted by atomic mass is 16.5. The number of hydrogen-bond acceptors (Lipinski definition) is 6. The summed E-state index contributed by atoms with van der Waals surface area (Å²) in [5.74, 6) is 0.720. The highest BCUT2D eigenvalue weighted by molar-refractivity contribution is 5.77. The Labute approximate surface area is 109 Å². The highest BCUT2D eigenvalue weighted by Crippen LogP contribution is 2.31. The molecule has 0 aromatic carbocycles. The van der Waals surface area contributed by atoms with Gasteiger partial charge in [0.15, 0.2) is 11.2 Å². The monoisotopic (exact) mass is 261 g/mol. The van der Waals surface area contributed by atoms with Crippen LogP contribution in [0, 0.1) is 5.92 Å². The van der Waals surface area contributed by atoms with Gasteiger partial charge in [0.1, 0.15) is 0 Å². The van der Waals surface area contributed by atoms with E-state index >= 15 is 0 Å². The van der Waals surface area contributed by atoms with E-state index in [-0.39, 0.29) is 24.5 Å². The van der Waals surface area contributed by atoms with E-state index in [1.54, 1.807) is 6.33 Å². The third-order valence-electron chi connectivity index (χ3n) is 3.34. The molecule has 1 aliphatic rings. The summed E-state index contributed by atoms with van der Waals surface area (Å²) in [6.07, 6.45) is 6.59. The molecular formula is C12H15N5O2. The van der Waals surface area contributed by atoms with Crippen LogP contribution in [-0.2, 0) is 0 Å². The summed E-state index contributed by atoms with van der Waals surface area (Å²) in [6.45, 7) is 0.153. The smallest absolute Gasteiger partial charge is 0.246 e. The van der Waals surface area contributed by atoms with Gasteiger partial charge < -0.3 is 20.1 Å². The van der Waals surface area contributed by atoms with E-state index < -0.39 is 0 Å². The molecule has 7 heteroatoms. The predicted octanol–water partition coefficient (Wildman–Crippen LogP) is 0.527. The van der Waals surface area contributed by atoms with Crippen molar-refractivity contribution in [2.24, 2.45) is 5.92 Å². The van der Waals surface area contributed by atoms with Crippen molar-refractivity contribution >= 4 is 17.1 Å². The van der Waals surface area contributed by atoms with Crippen molar-refractivity contribution < 1.29 is 9.84 Å². The molecule has 2 aromatic heterocycles. The summed E-state index contributed by atoms with van der Waals surface area (Å²) >= 11 is 0. The van der Waals surface area contributed by atoms with E-state index in [4.69, 9.17) is 10.5 Å². The maximum Gasteiger partial charge on any atom is 0.246 e. The summed E-state index contributed by atoms with van der Waals surface area (Å²) in [6, 6.07) is 0.126. The fourth-order valence-corrected chi connectivity index (χ4v) is 2.39. The van der Waals surface area contributed by atoms with Gasteiger partial charge in [0, 0.05) is 12.5 Å². The van der Waals surface area contributed by atoms with Crippen LogP contribution in [0.15, 0.2) is 18.5 Å². The molecule has 3 N–H and O–H groups in total. The first-order valence-electron chi connectivity index (χ1n) is 6.06. The van der Waals surface area contributed by atoms with Gasteiger partial charge in [-0.15, -0.1) is 0 Å². The summed E-state index contributed by atoms with van der Waals surface area (Å²) in [5.41, 5.74) is 6.92. The summed E-state index contributed by atoms with van der Waals surface area (Å²) in [4.78, 5) is 12.5. The Morgan fingerprint density at radius 1 is 1.47 bits per heavy atom. The number of methoxy groups -OCH3 is 1. The molecule has 1 aliphatic carbocycles. The van der Waals surface area contributed by atoms with Crippen molar-refractivity contribution in [2.45, 2.75) is 12.5 Å². The zero-order valence-electron chi connectivity index (χ0n) is 10.5. The number of allylic oxidation sites excluding steroid dienone is 1. The number of anilines is 1. The average Bonchev–Trinajstić information content (AvgIpc) is 3.03. The minimum absolute atomic E-state index is 0.126. The van der Waals surface area contributed by atoms with Gasteiger partial charge in [-0.05, 0) is 6.42 Å². The third kappa shape index (κ3) is 1.91. The Morgan fingerprint density at radius 2 is 2.32 bits per heavy atom. The molecule has 0 spiro atoms. The van der Waals surface area contributed by atoms with Gasteiger partial charge in [-0.25, -0.2) is 4.98 Å². The van der Waals surface area contributed by atoms with Gasteiger partial charge in [-0.3, -0.25) is 0 Å². The van der Waals surface area contributed by atoms with E-state index in [9.17, 15) is 5.11 Å². The standard InChI is InChI=1S/C12H15N5O2/c1-19-11-9-10(15-12(13)16-11)17(6-14-9)8-3-2-7(4-8)5-18/h2-3,6-8,18H,4-5H2,1H3,(H2,13,15,16)/t7-,8+/m1/s1. The first-order chi connectivity index (χ1) is 9.22. The molecule has 19 heavy (non-hydrogen) atoms. The Morgan fingerprint density at radius 3 is 3.00 bits per heavy atom. The van der Waals surface area contributed by atoms with Crippen molar-refractivity contribution in [3.8, 4) is 5.88 Å². The zero-order valence-corrected chi connectivity index (χ0v) is 10.5. The quantitative estimate of drug-likeness (QED) is 0.782. The Kier molecular flexibility index (Phi) is 2.83. The minimum Gasteiger partial charge on any atom is -0.479 e. The molecule has 0 amide bonds. The molecule has 2 heterocycles. The molecule has 0 bridgehead atoms. The molecule has 0 unspecified atom stereocenters. The number of aliphatic hydroxyl groups is 1. The first-order valence-corrected chi connectivity index (χ1v) is 6.06. The number of ether oxygens (including phenoxy) is 1. The number of rotatable bonds is 3. The molecule has 0 saturated heterocycles. The maximum absolute atomic E-state index is 9.18. The highest BCUT2D eigenvalue weighted by Gasteiger charge is 2.23. The van der Waals surface area contributed by atoms with E-state index in [0.29, 0.717) is 17.0 Å². The largest absolute Gasteiger partial charge is 0.479 e. The Bertz CT molecular complexity index is 636. The lowest BCUT2D eigenvalue weighted by Gasteiger charge is -2.12. The average molecular weight is 261 g/mol. The number of fused-ring (bicyclic) bond motifs is 1. The van der Waals surface area contributed by atoms with Gasteiger partial charge in [0.05, 0.1) is 19.5 Å². The summed E-state index contributed by atoms with van der Waals surface area (Å²) in [5, 5.41) is 9.18. The molecule has 0 aliphatic heterocycles. The first kappa shape index (κ1) is 11.9. The molecule has 2 atom stereocenters. The maximum atomic E-state index is 9.18. The van der Waals surface area contributed by atoms with Crippen LogP contribution >= 0.6 is 0 Å². The fraction of sp³-hybridized carbons (Fsp3) is 0.417. The minimum atomic E-state index is 0.126. The molecule has 7 nitrogen and oxygen atoms in total. The summed E-state index contributed by atoms with van der Waals surface area (Å²) < 4.78 is 7.09. The van der Waals surface area contributed by atoms with Crippen LogP contribution in [0.5, 0.6) is 5.88 Å². The van der Waals surface area contributed by atoms with E-state index in [1.807, 2.05) is 16.7 Å². The van der Waals surface area contributed by atoms with Crippen molar-refractivity contribution in [3.05, 3.63) is 18.5 Å². The van der Waals surface area contributed by atoms with E-state index in [0.717, 1.165) is 6.42 Å². The van der Waals surface area contributed by atoms with Crippen molar-refractivity contribution in [3.63, 3.8) is 0 Å². The molecule has 3 rings (SSSR count). The molecule has 2 aromatic rings. The van der Waals surface area contributed by atoms with Crippen LogP contribution in [0.25, 0.3) is 11.2 Å². The van der Waals surface area contributed by atoms with Crippen molar-refractivity contribution in [1.29, 1.82) is 0 Å². The number of nitrogens with zero attached hydrogens (tertiary/aromatic N) is 4. The van der Waals surface area contributed by atoms with E-state index in [2.05, 4.69) is 15.0 Å². The van der Waals surface area contributed by atoms with Crippen LogP contribution in [0.4, 0.5) is 5.95 Å². The zero-order chi connectivity index (χ0) is 13.4. The number of nitrogens with two attached hydrogens (primary N) is 1. The molecule has 0 fully saturated rings. The lowest BCUT2D eigenvalue weighted by atomic mass is 10.1. The molecule has 0 saturated carbocycles. The fourth-order valence-electron chi connectivity index (χ4n) is 2.39. The van der Waals surface area contributed by atoms with Crippen LogP contribution in [-0.4, -0.2) is 38.3 Å². The van der Waals surface area contributed by atoms with Crippen LogP contribution < -0.4 is 10.5 Å². The lowest BCUT2D eigenvalue weighted by molar-refractivity contribution is 0.244. The van der Waals surface area contributed by atoms with Gasteiger partial charge in [0.2, 0.25) is 11.8 Å². The predicted molar refractivity (Wildman–Crippen MR) is 69.7 cm³/mol. The van der Waals surface area contributed by atoms with Crippen molar-refractivity contribution in [2.75, 3.05) is 19.5 Å². The van der Waals surface area contributed by atoms with Crippen LogP contribution in [0.2, 0.25) is 0 Å². The lowest BCUT2D eigenvalue weighted by Crippen LogP contribution is -2.08. The summed E-state index contributed by atoms with van der Waals surface area (Å²) in [7, 11) is 1.53. The van der Waals surface area contributed by atoms with Gasteiger partial charge in [-0.1, -0.05) is 12.2 Å².